The number of carbonyl (C=O) groups excluding carboxylic acids is 1. The molecule has 1 saturated heterocycles. The maximum Gasteiger partial charge on any atom is 0.226 e. The molecular formula is C21H26N2O2. The zero-order chi connectivity index (χ0) is 17.6. The van der Waals surface area contributed by atoms with Gasteiger partial charge in [-0.3, -0.25) is 4.79 Å². The van der Waals surface area contributed by atoms with Crippen LogP contribution in [-0.4, -0.2) is 22.3 Å². The highest BCUT2D eigenvalue weighted by Crippen LogP contribution is 2.44. The number of rotatable bonds is 4. The van der Waals surface area contributed by atoms with Gasteiger partial charge in [-0.25, -0.2) is 4.98 Å². The van der Waals surface area contributed by atoms with Crippen molar-refractivity contribution in [2.75, 3.05) is 6.54 Å². The molecular weight excluding hydrogens is 312 g/mol. The summed E-state index contributed by atoms with van der Waals surface area (Å²) < 4.78 is 6.22. The van der Waals surface area contributed by atoms with Crippen molar-refractivity contribution in [2.24, 2.45) is 11.8 Å². The Morgan fingerprint density at radius 3 is 2.64 bits per heavy atom. The number of nitrogens with zero attached hydrogens (tertiary/aromatic N) is 2. The number of likely N-dealkylation sites (tertiary alicyclic amines) is 1. The molecule has 0 bridgehead atoms. The van der Waals surface area contributed by atoms with Gasteiger partial charge < -0.3 is 9.32 Å². The number of carbonyl (C=O) groups is 1. The zero-order valence-electron chi connectivity index (χ0n) is 15.2. The lowest BCUT2D eigenvalue weighted by molar-refractivity contribution is -0.134. The molecule has 132 valence electrons. The van der Waals surface area contributed by atoms with Crippen LogP contribution in [0.3, 0.4) is 0 Å². The van der Waals surface area contributed by atoms with Crippen LogP contribution in [0.25, 0.3) is 11.3 Å². The van der Waals surface area contributed by atoms with E-state index in [-0.39, 0.29) is 17.9 Å². The van der Waals surface area contributed by atoms with Gasteiger partial charge in [0, 0.05) is 23.9 Å². The molecule has 1 aromatic heterocycles. The van der Waals surface area contributed by atoms with Gasteiger partial charge in [-0.05, 0) is 25.2 Å². The van der Waals surface area contributed by atoms with E-state index in [1.54, 1.807) is 0 Å². The Kier molecular flexibility index (Phi) is 4.14. The van der Waals surface area contributed by atoms with Crippen LogP contribution in [-0.2, 0) is 4.79 Å². The van der Waals surface area contributed by atoms with Gasteiger partial charge in [-0.15, -0.1) is 0 Å². The number of amides is 1. The Bertz CT molecular complexity index is 765. The number of hydrogen-bond acceptors (Lipinski definition) is 3. The fourth-order valence-electron chi connectivity index (χ4n) is 3.85. The standard InChI is InChI=1S/C21H26N2O2/c1-13(2)19-18(15-8-5-4-6-9-15)22-20(25-19)17-10-7-11-23(17)21(24)16-12-14(16)3/h4-6,8-9,13-14,16-17H,7,10-12H2,1-3H3/t14-,16-,17+/m1/s1. The van der Waals surface area contributed by atoms with Crippen LogP contribution in [0.1, 0.15) is 63.6 Å². The summed E-state index contributed by atoms with van der Waals surface area (Å²) in [6.45, 7) is 7.23. The van der Waals surface area contributed by atoms with E-state index in [1.165, 1.54) is 0 Å². The van der Waals surface area contributed by atoms with Crippen LogP contribution in [0.5, 0.6) is 0 Å². The molecule has 1 amide bonds. The van der Waals surface area contributed by atoms with Gasteiger partial charge in [-0.1, -0.05) is 51.1 Å². The van der Waals surface area contributed by atoms with E-state index in [2.05, 4.69) is 32.9 Å². The Morgan fingerprint density at radius 1 is 1.28 bits per heavy atom. The lowest BCUT2D eigenvalue weighted by Gasteiger charge is -2.22. The first kappa shape index (κ1) is 16.4. The van der Waals surface area contributed by atoms with E-state index in [4.69, 9.17) is 9.40 Å². The smallest absolute Gasteiger partial charge is 0.226 e. The summed E-state index contributed by atoms with van der Waals surface area (Å²) in [6.07, 6.45) is 3.00. The summed E-state index contributed by atoms with van der Waals surface area (Å²) in [5.41, 5.74) is 2.00. The van der Waals surface area contributed by atoms with Crippen molar-refractivity contribution >= 4 is 5.91 Å². The van der Waals surface area contributed by atoms with E-state index in [0.717, 1.165) is 42.8 Å². The largest absolute Gasteiger partial charge is 0.442 e. The van der Waals surface area contributed by atoms with Crippen LogP contribution >= 0.6 is 0 Å². The normalized spacial score (nSPS) is 25.6. The van der Waals surface area contributed by atoms with Crippen molar-refractivity contribution in [2.45, 2.75) is 52.0 Å². The van der Waals surface area contributed by atoms with Crippen LogP contribution in [0.4, 0.5) is 0 Å². The molecule has 4 heteroatoms. The highest BCUT2D eigenvalue weighted by Gasteiger charge is 2.45. The predicted octanol–water partition coefficient (Wildman–Crippen LogP) is 4.78. The van der Waals surface area contributed by atoms with E-state index in [9.17, 15) is 4.79 Å². The molecule has 1 aromatic carbocycles. The van der Waals surface area contributed by atoms with E-state index < -0.39 is 0 Å². The molecule has 1 aliphatic carbocycles. The minimum absolute atomic E-state index is 0.00439. The molecule has 1 saturated carbocycles. The summed E-state index contributed by atoms with van der Waals surface area (Å²) >= 11 is 0. The molecule has 0 radical (unpaired) electrons. The predicted molar refractivity (Wildman–Crippen MR) is 97.0 cm³/mol. The Morgan fingerprint density at radius 2 is 2.00 bits per heavy atom. The average molecular weight is 338 g/mol. The second kappa shape index (κ2) is 6.32. The molecule has 0 unspecified atom stereocenters. The first-order valence-electron chi connectivity index (χ1n) is 9.42. The second-order valence-electron chi connectivity index (χ2n) is 7.79. The van der Waals surface area contributed by atoms with Crippen molar-refractivity contribution in [1.82, 2.24) is 9.88 Å². The molecule has 2 aromatic rings. The first-order valence-corrected chi connectivity index (χ1v) is 9.42. The maximum absolute atomic E-state index is 12.8. The number of benzene rings is 1. The molecule has 2 fully saturated rings. The molecule has 2 heterocycles. The van der Waals surface area contributed by atoms with Gasteiger partial charge in [0.2, 0.25) is 11.8 Å². The Balaban J connectivity index is 1.67. The summed E-state index contributed by atoms with van der Waals surface area (Å²) in [5, 5.41) is 0. The topological polar surface area (TPSA) is 46.3 Å². The summed E-state index contributed by atoms with van der Waals surface area (Å²) in [5.74, 6) is 2.92. The summed E-state index contributed by atoms with van der Waals surface area (Å²) in [7, 11) is 0. The molecule has 4 nitrogen and oxygen atoms in total. The summed E-state index contributed by atoms with van der Waals surface area (Å²) in [6, 6.07) is 10.2. The second-order valence-corrected chi connectivity index (χ2v) is 7.79. The van der Waals surface area contributed by atoms with Crippen molar-refractivity contribution < 1.29 is 9.21 Å². The van der Waals surface area contributed by atoms with Crippen molar-refractivity contribution in [3.05, 3.63) is 42.0 Å². The number of oxazole rings is 1. The molecule has 0 spiro atoms. The number of hydrogen-bond donors (Lipinski definition) is 0. The third-order valence-corrected chi connectivity index (χ3v) is 5.49. The van der Waals surface area contributed by atoms with Gasteiger partial charge >= 0.3 is 0 Å². The SMILES string of the molecule is CC(C)c1oc([C@@H]2CCCN2C(=O)[C@@H]2C[C@H]2C)nc1-c1ccccc1. The fraction of sp³-hybridized carbons (Fsp3) is 0.524. The van der Waals surface area contributed by atoms with Gasteiger partial charge in [0.05, 0.1) is 0 Å². The van der Waals surface area contributed by atoms with E-state index in [1.807, 2.05) is 23.1 Å². The van der Waals surface area contributed by atoms with E-state index in [0.29, 0.717) is 17.7 Å². The highest BCUT2D eigenvalue weighted by atomic mass is 16.4. The van der Waals surface area contributed by atoms with Crippen molar-refractivity contribution in [3.63, 3.8) is 0 Å². The van der Waals surface area contributed by atoms with Gasteiger partial charge in [0.25, 0.3) is 0 Å². The minimum Gasteiger partial charge on any atom is -0.442 e. The molecule has 25 heavy (non-hydrogen) atoms. The highest BCUT2D eigenvalue weighted by molar-refractivity contribution is 5.82. The van der Waals surface area contributed by atoms with Crippen molar-refractivity contribution in [3.8, 4) is 11.3 Å². The third-order valence-electron chi connectivity index (χ3n) is 5.49. The molecule has 3 atom stereocenters. The molecule has 0 N–H and O–H groups in total. The molecule has 2 aliphatic rings. The van der Waals surface area contributed by atoms with Crippen LogP contribution in [0, 0.1) is 11.8 Å². The van der Waals surface area contributed by atoms with Crippen molar-refractivity contribution in [1.29, 1.82) is 0 Å². The van der Waals surface area contributed by atoms with Crippen LogP contribution < -0.4 is 0 Å². The Hall–Kier alpha value is -2.10. The van der Waals surface area contributed by atoms with Gasteiger partial charge in [0.15, 0.2) is 0 Å². The first-order chi connectivity index (χ1) is 12.1. The minimum atomic E-state index is -0.00439. The quantitative estimate of drug-likeness (QED) is 0.805. The summed E-state index contributed by atoms with van der Waals surface area (Å²) in [4.78, 5) is 19.6. The lowest BCUT2D eigenvalue weighted by Crippen LogP contribution is -2.32. The lowest BCUT2D eigenvalue weighted by atomic mass is 10.0. The molecule has 1 aliphatic heterocycles. The Labute approximate surface area is 149 Å². The monoisotopic (exact) mass is 338 g/mol. The van der Waals surface area contributed by atoms with Crippen LogP contribution in [0.2, 0.25) is 0 Å². The average Bonchev–Trinajstić information content (AvgIpc) is 3.05. The third kappa shape index (κ3) is 2.99. The van der Waals surface area contributed by atoms with Gasteiger partial charge in [0.1, 0.15) is 17.5 Å². The fourth-order valence-corrected chi connectivity index (χ4v) is 3.85. The number of aromatic nitrogens is 1. The maximum atomic E-state index is 12.8. The zero-order valence-corrected chi connectivity index (χ0v) is 15.2. The molecule has 4 rings (SSSR count). The van der Waals surface area contributed by atoms with Crippen LogP contribution in [0.15, 0.2) is 34.7 Å². The van der Waals surface area contributed by atoms with Gasteiger partial charge in [-0.2, -0.15) is 0 Å². The van der Waals surface area contributed by atoms with E-state index >= 15 is 0 Å².